The van der Waals surface area contributed by atoms with E-state index in [2.05, 4.69) is 10.6 Å². The number of nitrogens with one attached hydrogen (secondary N) is 2. The summed E-state index contributed by atoms with van der Waals surface area (Å²) in [5.74, 6) is 0.316. The Labute approximate surface area is 170 Å². The van der Waals surface area contributed by atoms with Gasteiger partial charge in [-0.15, -0.1) is 0 Å². The first-order valence-corrected chi connectivity index (χ1v) is 10.2. The molecule has 5 nitrogen and oxygen atoms in total. The van der Waals surface area contributed by atoms with E-state index in [-0.39, 0.29) is 24.2 Å². The predicted octanol–water partition coefficient (Wildman–Crippen LogP) is 3.63. The second-order valence-corrected chi connectivity index (χ2v) is 7.97. The summed E-state index contributed by atoms with van der Waals surface area (Å²) in [6, 6.07) is 11.9. The summed E-state index contributed by atoms with van der Waals surface area (Å²) in [5, 5.41) is 5.98. The van der Waals surface area contributed by atoms with Gasteiger partial charge in [-0.1, -0.05) is 18.2 Å². The third-order valence-corrected chi connectivity index (χ3v) is 5.60. The quantitative estimate of drug-likeness (QED) is 0.753. The standard InChI is InChI=1S/C23H26FN3O2/c1-15(23(29)25-13-18-4-2-3-5-20(18)24)26-19-9-10-21-17(12-19)8-11-22(28)27(21)14-16-6-7-16/h2-5,9-10,12,15-16,26H,6-8,11,13-14H2,1H3,(H,25,29). The minimum atomic E-state index is -0.465. The molecule has 2 aliphatic rings. The Morgan fingerprint density at radius 2 is 2.00 bits per heavy atom. The van der Waals surface area contributed by atoms with E-state index in [1.54, 1.807) is 25.1 Å². The Bertz CT molecular complexity index is 926. The minimum Gasteiger partial charge on any atom is -0.374 e. The molecule has 0 bridgehead atoms. The number of hydrogen-bond acceptors (Lipinski definition) is 3. The Kier molecular flexibility index (Phi) is 5.51. The summed E-state index contributed by atoms with van der Waals surface area (Å²) in [6.07, 6.45) is 3.66. The number of aryl methyl sites for hydroxylation is 1. The van der Waals surface area contributed by atoms with Crippen LogP contribution in [0.2, 0.25) is 0 Å². The molecule has 1 atom stereocenters. The number of carbonyl (C=O) groups excluding carboxylic acids is 2. The molecule has 6 heteroatoms. The summed E-state index contributed by atoms with van der Waals surface area (Å²) in [4.78, 5) is 26.6. The van der Waals surface area contributed by atoms with Crippen LogP contribution in [0.3, 0.4) is 0 Å². The lowest BCUT2D eigenvalue weighted by Gasteiger charge is -2.30. The molecule has 1 fully saturated rings. The van der Waals surface area contributed by atoms with Gasteiger partial charge >= 0.3 is 0 Å². The number of halogens is 1. The van der Waals surface area contributed by atoms with Gasteiger partial charge in [-0.25, -0.2) is 4.39 Å². The van der Waals surface area contributed by atoms with Gasteiger partial charge in [0.05, 0.1) is 0 Å². The summed E-state index contributed by atoms with van der Waals surface area (Å²) in [7, 11) is 0. The zero-order chi connectivity index (χ0) is 20.4. The van der Waals surface area contributed by atoms with Crippen LogP contribution in [0.1, 0.15) is 37.3 Å². The average molecular weight is 395 g/mol. The Hall–Kier alpha value is -2.89. The number of anilines is 2. The highest BCUT2D eigenvalue weighted by Crippen LogP contribution is 2.36. The van der Waals surface area contributed by atoms with Gasteiger partial charge in [-0.3, -0.25) is 9.59 Å². The minimum absolute atomic E-state index is 0.153. The van der Waals surface area contributed by atoms with Crippen LogP contribution in [-0.4, -0.2) is 24.4 Å². The van der Waals surface area contributed by atoms with E-state index in [0.717, 1.165) is 29.9 Å². The second kappa shape index (κ2) is 8.23. The Balaban J connectivity index is 1.38. The molecule has 0 spiro atoms. The van der Waals surface area contributed by atoms with Crippen molar-refractivity contribution in [1.82, 2.24) is 5.32 Å². The maximum absolute atomic E-state index is 13.7. The summed E-state index contributed by atoms with van der Waals surface area (Å²) in [5.41, 5.74) is 3.44. The summed E-state index contributed by atoms with van der Waals surface area (Å²) >= 11 is 0. The normalized spacial score (nSPS) is 16.9. The number of rotatable bonds is 7. The van der Waals surface area contributed by atoms with E-state index in [9.17, 15) is 14.0 Å². The van der Waals surface area contributed by atoms with Crippen molar-refractivity contribution in [3.8, 4) is 0 Å². The lowest BCUT2D eigenvalue weighted by Crippen LogP contribution is -2.38. The fourth-order valence-electron chi connectivity index (χ4n) is 3.70. The van der Waals surface area contributed by atoms with Gasteiger partial charge in [0.15, 0.2) is 0 Å². The fraction of sp³-hybridized carbons (Fsp3) is 0.391. The first-order chi connectivity index (χ1) is 14.0. The van der Waals surface area contributed by atoms with Gasteiger partial charge in [-0.05, 0) is 61.9 Å². The van der Waals surface area contributed by atoms with Gasteiger partial charge in [-0.2, -0.15) is 0 Å². The molecule has 2 N–H and O–H groups in total. The first-order valence-electron chi connectivity index (χ1n) is 10.2. The van der Waals surface area contributed by atoms with Crippen molar-refractivity contribution in [3.05, 3.63) is 59.4 Å². The SMILES string of the molecule is CC(Nc1ccc2c(c1)CCC(=O)N2CC1CC1)C(=O)NCc1ccccc1F. The number of fused-ring (bicyclic) bond motifs is 1. The van der Waals surface area contributed by atoms with Crippen molar-refractivity contribution >= 4 is 23.2 Å². The van der Waals surface area contributed by atoms with Crippen molar-refractivity contribution in [2.24, 2.45) is 5.92 Å². The van der Waals surface area contributed by atoms with Crippen molar-refractivity contribution in [2.45, 2.75) is 45.2 Å². The molecule has 1 saturated carbocycles. The highest BCUT2D eigenvalue weighted by molar-refractivity contribution is 5.97. The molecule has 0 saturated heterocycles. The molecule has 2 aromatic carbocycles. The molecular weight excluding hydrogens is 369 g/mol. The van der Waals surface area contributed by atoms with Gasteiger partial charge in [0, 0.05) is 36.4 Å². The fourth-order valence-corrected chi connectivity index (χ4v) is 3.70. The monoisotopic (exact) mass is 395 g/mol. The molecule has 1 unspecified atom stereocenters. The number of amides is 2. The maximum atomic E-state index is 13.7. The predicted molar refractivity (Wildman–Crippen MR) is 111 cm³/mol. The molecule has 1 aliphatic carbocycles. The number of carbonyl (C=O) groups is 2. The lowest BCUT2D eigenvalue weighted by atomic mass is 10.00. The summed E-state index contributed by atoms with van der Waals surface area (Å²) in [6.45, 7) is 2.74. The van der Waals surface area contributed by atoms with Crippen LogP contribution >= 0.6 is 0 Å². The molecule has 1 aliphatic heterocycles. The highest BCUT2D eigenvalue weighted by atomic mass is 19.1. The second-order valence-electron chi connectivity index (χ2n) is 7.97. The maximum Gasteiger partial charge on any atom is 0.242 e. The third kappa shape index (κ3) is 4.58. The molecule has 2 aromatic rings. The van der Waals surface area contributed by atoms with Gasteiger partial charge < -0.3 is 15.5 Å². The zero-order valence-corrected chi connectivity index (χ0v) is 16.6. The van der Waals surface area contributed by atoms with Crippen LogP contribution < -0.4 is 15.5 Å². The van der Waals surface area contributed by atoms with Crippen molar-refractivity contribution < 1.29 is 14.0 Å². The van der Waals surface area contributed by atoms with E-state index in [1.165, 1.54) is 18.9 Å². The zero-order valence-electron chi connectivity index (χ0n) is 16.6. The van der Waals surface area contributed by atoms with Crippen LogP contribution in [-0.2, 0) is 22.6 Å². The van der Waals surface area contributed by atoms with Crippen LogP contribution in [0.25, 0.3) is 0 Å². The van der Waals surface area contributed by atoms with Gasteiger partial charge in [0.1, 0.15) is 11.9 Å². The number of benzene rings is 2. The van der Waals surface area contributed by atoms with E-state index in [4.69, 9.17) is 0 Å². The van der Waals surface area contributed by atoms with Crippen molar-refractivity contribution in [2.75, 3.05) is 16.8 Å². The number of nitrogens with zero attached hydrogens (tertiary/aromatic N) is 1. The molecular formula is C23H26FN3O2. The Morgan fingerprint density at radius 1 is 1.21 bits per heavy atom. The molecule has 0 radical (unpaired) electrons. The Morgan fingerprint density at radius 3 is 2.76 bits per heavy atom. The topological polar surface area (TPSA) is 61.4 Å². The summed E-state index contributed by atoms with van der Waals surface area (Å²) < 4.78 is 13.7. The smallest absolute Gasteiger partial charge is 0.242 e. The largest absolute Gasteiger partial charge is 0.374 e. The van der Waals surface area contributed by atoms with Crippen LogP contribution in [0, 0.1) is 11.7 Å². The molecule has 1 heterocycles. The van der Waals surface area contributed by atoms with Crippen molar-refractivity contribution in [1.29, 1.82) is 0 Å². The number of hydrogen-bond donors (Lipinski definition) is 2. The van der Waals surface area contributed by atoms with E-state index in [1.807, 2.05) is 23.1 Å². The molecule has 152 valence electrons. The molecule has 29 heavy (non-hydrogen) atoms. The molecule has 4 rings (SSSR count). The third-order valence-electron chi connectivity index (χ3n) is 5.60. The lowest BCUT2D eigenvalue weighted by molar-refractivity contribution is -0.121. The molecule has 2 amide bonds. The van der Waals surface area contributed by atoms with Crippen LogP contribution in [0.5, 0.6) is 0 Å². The van der Waals surface area contributed by atoms with E-state index in [0.29, 0.717) is 17.9 Å². The van der Waals surface area contributed by atoms with Gasteiger partial charge in [0.25, 0.3) is 0 Å². The van der Waals surface area contributed by atoms with E-state index >= 15 is 0 Å². The van der Waals surface area contributed by atoms with Gasteiger partial charge in [0.2, 0.25) is 11.8 Å². The highest BCUT2D eigenvalue weighted by Gasteiger charge is 2.31. The van der Waals surface area contributed by atoms with E-state index < -0.39 is 6.04 Å². The molecule has 0 aromatic heterocycles. The first kappa shape index (κ1) is 19.4. The average Bonchev–Trinajstić information content (AvgIpc) is 3.53. The van der Waals surface area contributed by atoms with Crippen LogP contribution in [0.4, 0.5) is 15.8 Å². The van der Waals surface area contributed by atoms with Crippen molar-refractivity contribution in [3.63, 3.8) is 0 Å². The van der Waals surface area contributed by atoms with Crippen LogP contribution in [0.15, 0.2) is 42.5 Å².